The van der Waals surface area contributed by atoms with Crippen molar-refractivity contribution in [2.24, 2.45) is 0 Å². The zero-order valence-electron chi connectivity index (χ0n) is 10.4. The lowest BCUT2D eigenvalue weighted by molar-refractivity contribution is -0.142. The van der Waals surface area contributed by atoms with Crippen molar-refractivity contribution in [3.05, 3.63) is 5.82 Å². The second-order valence-electron chi connectivity index (χ2n) is 4.08. The Morgan fingerprint density at radius 2 is 2.30 bits per heavy atom. The third-order valence-electron chi connectivity index (χ3n) is 2.75. The number of urea groups is 1. The topological polar surface area (TPSA) is 153 Å². The fourth-order valence-electron chi connectivity index (χ4n) is 1.84. The molecule has 4 N–H and O–H groups in total. The van der Waals surface area contributed by atoms with Crippen LogP contribution in [0.5, 0.6) is 0 Å². The van der Waals surface area contributed by atoms with Gasteiger partial charge in [0.25, 0.3) is 0 Å². The lowest BCUT2D eigenvalue weighted by Crippen LogP contribution is -2.59. The maximum Gasteiger partial charge on any atom is 0.318 e. The molecule has 11 heteroatoms. The van der Waals surface area contributed by atoms with Gasteiger partial charge < -0.3 is 20.6 Å². The highest BCUT2D eigenvalue weighted by Gasteiger charge is 2.34. The predicted octanol–water partition coefficient (Wildman–Crippen LogP) is -2.32. The van der Waals surface area contributed by atoms with Gasteiger partial charge in [-0.25, -0.2) is 4.79 Å². The molecule has 3 amide bonds. The molecule has 108 valence electrons. The number of rotatable bonds is 4. The lowest BCUT2D eigenvalue weighted by Gasteiger charge is -2.34. The summed E-state index contributed by atoms with van der Waals surface area (Å²) in [6.45, 7) is 0.555. The van der Waals surface area contributed by atoms with Crippen LogP contribution in [0.4, 0.5) is 4.79 Å². The Kier molecular flexibility index (Phi) is 4.08. The predicted molar refractivity (Wildman–Crippen MR) is 62.2 cm³/mol. The first kappa shape index (κ1) is 13.7. The summed E-state index contributed by atoms with van der Waals surface area (Å²) < 4.78 is 0. The minimum Gasteiger partial charge on any atom is -0.481 e. The standard InChI is InChI=1S/C9H13N7O4/c17-7(18)3-5-8(19)10-1-2-16(5)9(20)11-4-6-12-14-15-13-6/h5H,1-4H2,(H,10,19)(H,11,20)(H,17,18)(H,12,13,14,15). The number of carbonyl (C=O) groups is 3. The SMILES string of the molecule is O=C(O)CC1C(=O)NCCN1C(=O)NCc1nn[nH]n1. The number of carboxylic acid groups (broad SMARTS) is 1. The maximum atomic E-state index is 12.0. The van der Waals surface area contributed by atoms with Crippen LogP contribution in [0.1, 0.15) is 12.2 Å². The Balaban J connectivity index is 1.97. The number of hydrogen-bond donors (Lipinski definition) is 4. The fraction of sp³-hybridized carbons (Fsp3) is 0.556. The molecule has 0 bridgehead atoms. The van der Waals surface area contributed by atoms with Gasteiger partial charge in [-0.1, -0.05) is 5.21 Å². The monoisotopic (exact) mass is 283 g/mol. The van der Waals surface area contributed by atoms with E-state index in [1.807, 2.05) is 0 Å². The average Bonchev–Trinajstić information content (AvgIpc) is 2.91. The number of amides is 3. The molecule has 2 heterocycles. The number of aliphatic carboxylic acids is 1. The second kappa shape index (κ2) is 5.95. The van der Waals surface area contributed by atoms with E-state index in [2.05, 4.69) is 31.3 Å². The van der Waals surface area contributed by atoms with Crippen molar-refractivity contribution < 1.29 is 19.5 Å². The van der Waals surface area contributed by atoms with Crippen molar-refractivity contribution in [1.82, 2.24) is 36.2 Å². The van der Waals surface area contributed by atoms with E-state index in [0.29, 0.717) is 0 Å². The molecule has 1 saturated heterocycles. The van der Waals surface area contributed by atoms with E-state index >= 15 is 0 Å². The minimum absolute atomic E-state index is 0.0350. The zero-order valence-corrected chi connectivity index (χ0v) is 10.4. The molecule has 1 fully saturated rings. The minimum atomic E-state index is -1.15. The van der Waals surface area contributed by atoms with E-state index in [1.165, 1.54) is 4.90 Å². The van der Waals surface area contributed by atoms with Gasteiger partial charge in [0.05, 0.1) is 13.0 Å². The van der Waals surface area contributed by atoms with Crippen LogP contribution in [0.2, 0.25) is 0 Å². The van der Waals surface area contributed by atoms with Crippen LogP contribution < -0.4 is 10.6 Å². The summed E-state index contributed by atoms with van der Waals surface area (Å²) in [5, 5.41) is 26.7. The first-order valence-corrected chi connectivity index (χ1v) is 5.84. The molecule has 0 radical (unpaired) electrons. The van der Waals surface area contributed by atoms with E-state index in [4.69, 9.17) is 5.11 Å². The highest BCUT2D eigenvalue weighted by molar-refractivity contribution is 5.91. The lowest BCUT2D eigenvalue weighted by atomic mass is 10.1. The molecule has 11 nitrogen and oxygen atoms in total. The molecule has 0 saturated carbocycles. The summed E-state index contributed by atoms with van der Waals surface area (Å²) in [5.74, 6) is -1.34. The number of carbonyl (C=O) groups excluding carboxylic acids is 2. The summed E-state index contributed by atoms with van der Waals surface area (Å²) in [7, 11) is 0. The Morgan fingerprint density at radius 1 is 1.50 bits per heavy atom. The number of piperazine rings is 1. The fourth-order valence-corrected chi connectivity index (χ4v) is 1.84. The van der Waals surface area contributed by atoms with Crippen molar-refractivity contribution in [3.63, 3.8) is 0 Å². The molecular formula is C9H13N7O4. The van der Waals surface area contributed by atoms with Crippen molar-refractivity contribution in [2.75, 3.05) is 13.1 Å². The van der Waals surface area contributed by atoms with Gasteiger partial charge >= 0.3 is 12.0 Å². The van der Waals surface area contributed by atoms with Crippen LogP contribution in [0, 0.1) is 0 Å². The van der Waals surface area contributed by atoms with E-state index in [-0.39, 0.29) is 25.5 Å². The number of H-pyrrole nitrogens is 1. The van der Waals surface area contributed by atoms with Crippen LogP contribution in [-0.2, 0) is 16.1 Å². The Labute approximate surface area is 112 Å². The molecule has 1 aromatic rings. The third kappa shape index (κ3) is 3.18. The van der Waals surface area contributed by atoms with Crippen molar-refractivity contribution >= 4 is 17.9 Å². The number of aromatic nitrogens is 4. The van der Waals surface area contributed by atoms with E-state index in [0.717, 1.165) is 0 Å². The van der Waals surface area contributed by atoms with Gasteiger partial charge in [0.15, 0.2) is 5.82 Å². The van der Waals surface area contributed by atoms with Gasteiger partial charge in [-0.2, -0.15) is 5.21 Å². The number of nitrogens with one attached hydrogen (secondary N) is 3. The summed E-state index contributed by atoms with van der Waals surface area (Å²) in [5.41, 5.74) is 0. The summed E-state index contributed by atoms with van der Waals surface area (Å²) in [4.78, 5) is 35.6. The van der Waals surface area contributed by atoms with Crippen molar-refractivity contribution in [3.8, 4) is 0 Å². The molecule has 20 heavy (non-hydrogen) atoms. The van der Waals surface area contributed by atoms with E-state index in [1.54, 1.807) is 0 Å². The molecule has 0 spiro atoms. The maximum absolute atomic E-state index is 12.0. The summed E-state index contributed by atoms with van der Waals surface area (Å²) in [6, 6.07) is -1.57. The quantitative estimate of drug-likeness (QED) is 0.484. The molecule has 0 aromatic carbocycles. The van der Waals surface area contributed by atoms with E-state index in [9.17, 15) is 14.4 Å². The third-order valence-corrected chi connectivity index (χ3v) is 2.75. The molecule has 1 unspecified atom stereocenters. The zero-order chi connectivity index (χ0) is 14.5. The Bertz CT molecular complexity index is 502. The van der Waals surface area contributed by atoms with Gasteiger partial charge in [0, 0.05) is 13.1 Å². The Hall–Kier alpha value is -2.72. The first-order chi connectivity index (χ1) is 9.58. The van der Waals surface area contributed by atoms with Crippen LogP contribution >= 0.6 is 0 Å². The highest BCUT2D eigenvalue weighted by Crippen LogP contribution is 2.09. The average molecular weight is 283 g/mol. The van der Waals surface area contributed by atoms with Crippen LogP contribution in [0.25, 0.3) is 0 Å². The van der Waals surface area contributed by atoms with Gasteiger partial charge in [0.1, 0.15) is 6.04 Å². The van der Waals surface area contributed by atoms with Crippen LogP contribution in [0.3, 0.4) is 0 Å². The highest BCUT2D eigenvalue weighted by atomic mass is 16.4. The summed E-state index contributed by atoms with van der Waals surface area (Å²) in [6.07, 6.45) is -0.443. The van der Waals surface area contributed by atoms with Crippen molar-refractivity contribution in [2.45, 2.75) is 19.0 Å². The second-order valence-corrected chi connectivity index (χ2v) is 4.08. The molecule has 1 aromatic heterocycles. The normalized spacial score (nSPS) is 18.5. The first-order valence-electron chi connectivity index (χ1n) is 5.84. The molecule has 1 atom stereocenters. The van der Waals surface area contributed by atoms with Crippen LogP contribution in [-0.4, -0.2) is 67.7 Å². The summed E-state index contributed by atoms with van der Waals surface area (Å²) >= 11 is 0. The molecular weight excluding hydrogens is 270 g/mol. The molecule has 1 aliphatic heterocycles. The van der Waals surface area contributed by atoms with Crippen LogP contribution in [0.15, 0.2) is 0 Å². The Morgan fingerprint density at radius 3 is 2.95 bits per heavy atom. The van der Waals surface area contributed by atoms with Gasteiger partial charge in [-0.15, -0.1) is 10.2 Å². The molecule has 1 aliphatic rings. The molecule has 0 aliphatic carbocycles. The smallest absolute Gasteiger partial charge is 0.318 e. The number of nitrogens with zero attached hydrogens (tertiary/aromatic N) is 4. The van der Waals surface area contributed by atoms with Crippen molar-refractivity contribution in [1.29, 1.82) is 0 Å². The largest absolute Gasteiger partial charge is 0.481 e. The number of hydrogen-bond acceptors (Lipinski definition) is 6. The molecule has 2 rings (SSSR count). The van der Waals surface area contributed by atoms with Gasteiger partial charge in [0.2, 0.25) is 5.91 Å². The van der Waals surface area contributed by atoms with Gasteiger partial charge in [-0.05, 0) is 0 Å². The number of aromatic amines is 1. The number of carboxylic acids is 1. The van der Waals surface area contributed by atoms with Gasteiger partial charge in [-0.3, -0.25) is 9.59 Å². The van der Waals surface area contributed by atoms with E-state index < -0.39 is 30.4 Å². The number of tetrazole rings is 1.